The molecule has 1 aliphatic rings. The molecule has 172 valence electrons. The molecular formula is C21H24N2O7S2. The molecular weight excluding hydrogens is 456 g/mol. The largest absolute Gasteiger partial charge is 0.497 e. The van der Waals surface area contributed by atoms with Gasteiger partial charge in [-0.2, -0.15) is 0 Å². The van der Waals surface area contributed by atoms with E-state index in [2.05, 4.69) is 22.3 Å². The molecule has 0 saturated carbocycles. The van der Waals surface area contributed by atoms with Crippen LogP contribution >= 0.6 is 11.3 Å². The number of thiophene rings is 1. The Morgan fingerprint density at radius 2 is 1.84 bits per heavy atom. The van der Waals surface area contributed by atoms with E-state index in [0.29, 0.717) is 18.1 Å². The second kappa shape index (κ2) is 9.70. The highest BCUT2D eigenvalue weighted by atomic mass is 32.2. The average Bonchev–Trinajstić information content (AvgIpc) is 3.09. The first-order chi connectivity index (χ1) is 15.1. The van der Waals surface area contributed by atoms with Gasteiger partial charge in [0.05, 0.1) is 24.7 Å². The van der Waals surface area contributed by atoms with Crippen LogP contribution in [0.5, 0.6) is 5.75 Å². The molecule has 1 aliphatic carbocycles. The number of hydrogen-bond donors (Lipinski definition) is 2. The molecule has 0 spiro atoms. The van der Waals surface area contributed by atoms with Crippen LogP contribution in [0.3, 0.4) is 0 Å². The van der Waals surface area contributed by atoms with Crippen LogP contribution < -0.4 is 15.4 Å². The summed E-state index contributed by atoms with van der Waals surface area (Å²) in [7, 11) is -1.31. The number of fused-ring (bicyclic) bond motifs is 1. The molecule has 0 aliphatic heterocycles. The number of anilines is 1. The molecule has 1 unspecified atom stereocenters. The standard InChI is InChI=1S/C21H24N2O7S2/c1-12-4-9-15-16(10-12)31-20(18(15)19(25)23-21(26)30-3)22-17(24)11-32(27,28)14-7-5-13(29-2)6-8-14/h5-8,12H,4,9-11H2,1-3H3,(H,22,24)(H,23,25,26). The van der Waals surface area contributed by atoms with Crippen LogP contribution in [0, 0.1) is 5.92 Å². The van der Waals surface area contributed by atoms with E-state index in [1.807, 2.05) is 0 Å². The van der Waals surface area contributed by atoms with Gasteiger partial charge in [0.2, 0.25) is 5.91 Å². The fourth-order valence-corrected chi connectivity index (χ4v) is 6.05. The van der Waals surface area contributed by atoms with Crippen molar-refractivity contribution in [1.29, 1.82) is 0 Å². The van der Waals surface area contributed by atoms with Gasteiger partial charge in [-0.3, -0.25) is 14.9 Å². The highest BCUT2D eigenvalue weighted by molar-refractivity contribution is 7.92. The zero-order valence-electron chi connectivity index (χ0n) is 17.9. The van der Waals surface area contributed by atoms with Gasteiger partial charge in [-0.15, -0.1) is 11.3 Å². The molecule has 1 aromatic heterocycles. The summed E-state index contributed by atoms with van der Waals surface area (Å²) < 4.78 is 34.8. The molecule has 3 rings (SSSR count). The quantitative estimate of drug-likeness (QED) is 0.651. The monoisotopic (exact) mass is 480 g/mol. The molecule has 0 saturated heterocycles. The lowest BCUT2D eigenvalue weighted by molar-refractivity contribution is -0.113. The van der Waals surface area contributed by atoms with E-state index >= 15 is 0 Å². The number of carbonyl (C=O) groups is 3. The Morgan fingerprint density at radius 1 is 1.16 bits per heavy atom. The molecule has 9 nitrogen and oxygen atoms in total. The van der Waals surface area contributed by atoms with Gasteiger partial charge in [0.1, 0.15) is 16.5 Å². The lowest BCUT2D eigenvalue weighted by atomic mass is 9.88. The molecule has 0 bridgehead atoms. The lowest BCUT2D eigenvalue weighted by Crippen LogP contribution is -2.32. The van der Waals surface area contributed by atoms with E-state index in [-0.39, 0.29) is 15.5 Å². The van der Waals surface area contributed by atoms with Gasteiger partial charge < -0.3 is 14.8 Å². The Labute approximate surface area is 190 Å². The molecule has 32 heavy (non-hydrogen) atoms. The van der Waals surface area contributed by atoms with Gasteiger partial charge in [-0.25, -0.2) is 13.2 Å². The molecule has 11 heteroatoms. The van der Waals surface area contributed by atoms with Crippen molar-refractivity contribution in [2.24, 2.45) is 5.92 Å². The molecule has 0 fully saturated rings. The number of ether oxygens (including phenoxy) is 2. The second-order valence-electron chi connectivity index (χ2n) is 7.48. The van der Waals surface area contributed by atoms with Gasteiger partial charge in [0, 0.05) is 4.88 Å². The van der Waals surface area contributed by atoms with Crippen LogP contribution in [0.2, 0.25) is 0 Å². The van der Waals surface area contributed by atoms with E-state index < -0.39 is 33.5 Å². The molecule has 1 aromatic carbocycles. The average molecular weight is 481 g/mol. The number of carbonyl (C=O) groups excluding carboxylic acids is 3. The Kier molecular flexibility index (Phi) is 7.19. The summed E-state index contributed by atoms with van der Waals surface area (Å²) >= 11 is 1.23. The number of sulfone groups is 1. The van der Waals surface area contributed by atoms with Gasteiger partial charge in [-0.1, -0.05) is 6.92 Å². The van der Waals surface area contributed by atoms with Crippen molar-refractivity contribution >= 4 is 44.1 Å². The minimum atomic E-state index is -3.91. The maximum atomic E-state index is 12.7. The van der Waals surface area contributed by atoms with E-state index in [1.165, 1.54) is 42.7 Å². The van der Waals surface area contributed by atoms with E-state index in [4.69, 9.17) is 4.74 Å². The molecule has 1 heterocycles. The normalized spacial score (nSPS) is 15.4. The van der Waals surface area contributed by atoms with Crippen LogP contribution in [-0.2, 0) is 32.2 Å². The first kappa shape index (κ1) is 23.7. The highest BCUT2D eigenvalue weighted by Gasteiger charge is 2.30. The van der Waals surface area contributed by atoms with Gasteiger partial charge in [0.15, 0.2) is 9.84 Å². The Hall–Kier alpha value is -2.92. The summed E-state index contributed by atoms with van der Waals surface area (Å²) in [6.07, 6.45) is 1.30. The van der Waals surface area contributed by atoms with Crippen LogP contribution in [0.25, 0.3) is 0 Å². The number of nitrogens with one attached hydrogen (secondary N) is 2. The van der Waals surface area contributed by atoms with Crippen molar-refractivity contribution in [2.45, 2.75) is 31.1 Å². The van der Waals surface area contributed by atoms with E-state index in [1.54, 1.807) is 0 Å². The molecule has 2 N–H and O–H groups in total. The summed E-state index contributed by atoms with van der Waals surface area (Å²) in [6, 6.07) is 5.72. The summed E-state index contributed by atoms with van der Waals surface area (Å²) in [5.74, 6) is -1.36. The number of alkyl carbamates (subject to hydrolysis) is 1. The Bertz CT molecular complexity index is 1140. The maximum Gasteiger partial charge on any atom is 0.413 e. The van der Waals surface area contributed by atoms with Crippen LogP contribution in [0.15, 0.2) is 29.2 Å². The van der Waals surface area contributed by atoms with Gasteiger partial charge >= 0.3 is 6.09 Å². The lowest BCUT2D eigenvalue weighted by Gasteiger charge is -2.18. The van der Waals surface area contributed by atoms with Gasteiger partial charge in [0.25, 0.3) is 5.91 Å². The molecule has 3 amide bonds. The second-order valence-corrected chi connectivity index (χ2v) is 10.6. The first-order valence-electron chi connectivity index (χ1n) is 9.85. The molecule has 1 atom stereocenters. The van der Waals surface area contributed by atoms with Crippen LogP contribution in [0.4, 0.5) is 9.80 Å². The maximum absolute atomic E-state index is 12.7. The summed E-state index contributed by atoms with van der Waals surface area (Å²) in [6.45, 7) is 2.09. The van der Waals surface area contributed by atoms with Crippen molar-refractivity contribution in [3.8, 4) is 5.75 Å². The summed E-state index contributed by atoms with van der Waals surface area (Å²) in [5.41, 5.74) is 0.945. The molecule has 0 radical (unpaired) electrons. The van der Waals surface area contributed by atoms with Crippen molar-refractivity contribution < 1.29 is 32.3 Å². The zero-order chi connectivity index (χ0) is 23.5. The zero-order valence-corrected chi connectivity index (χ0v) is 19.5. The van der Waals surface area contributed by atoms with Crippen molar-refractivity contribution in [1.82, 2.24) is 5.32 Å². The Morgan fingerprint density at radius 3 is 2.47 bits per heavy atom. The SMILES string of the molecule is COC(=O)NC(=O)c1c(NC(=O)CS(=O)(=O)c2ccc(OC)cc2)sc2c1CCC(C)C2. The fraction of sp³-hybridized carbons (Fsp3) is 0.381. The van der Waals surface area contributed by atoms with E-state index in [9.17, 15) is 22.8 Å². The van der Waals surface area contributed by atoms with Crippen molar-refractivity contribution in [3.05, 3.63) is 40.3 Å². The fourth-order valence-electron chi connectivity index (χ4n) is 3.49. The number of methoxy groups -OCH3 is 2. The number of benzene rings is 1. The Balaban J connectivity index is 1.84. The summed E-state index contributed by atoms with van der Waals surface area (Å²) in [4.78, 5) is 37.8. The molecule has 2 aromatic rings. The number of imide groups is 1. The minimum absolute atomic E-state index is 0.0172. The predicted octanol–water partition coefficient (Wildman–Crippen LogP) is 2.79. The van der Waals surface area contributed by atoms with Crippen LogP contribution in [-0.4, -0.2) is 46.3 Å². The first-order valence-corrected chi connectivity index (χ1v) is 12.3. The number of rotatable bonds is 6. The van der Waals surface area contributed by atoms with Crippen LogP contribution in [0.1, 0.15) is 34.1 Å². The van der Waals surface area contributed by atoms with E-state index in [0.717, 1.165) is 30.4 Å². The van der Waals surface area contributed by atoms with Gasteiger partial charge in [-0.05, 0) is 55.0 Å². The predicted molar refractivity (Wildman–Crippen MR) is 119 cm³/mol. The third-order valence-corrected chi connectivity index (χ3v) is 7.93. The number of hydrogen-bond acceptors (Lipinski definition) is 8. The highest BCUT2D eigenvalue weighted by Crippen LogP contribution is 2.39. The third-order valence-electron chi connectivity index (χ3n) is 5.13. The number of amides is 3. The summed E-state index contributed by atoms with van der Waals surface area (Å²) in [5, 5.41) is 4.91. The minimum Gasteiger partial charge on any atom is -0.497 e. The smallest absolute Gasteiger partial charge is 0.413 e. The third kappa shape index (κ3) is 5.28. The topological polar surface area (TPSA) is 128 Å². The van der Waals surface area contributed by atoms with Crippen molar-refractivity contribution in [3.63, 3.8) is 0 Å². The van der Waals surface area contributed by atoms with Crippen molar-refractivity contribution in [2.75, 3.05) is 25.3 Å².